The molecule has 0 radical (unpaired) electrons. The minimum absolute atomic E-state index is 0.355. The van der Waals surface area contributed by atoms with Gasteiger partial charge in [0.2, 0.25) is 0 Å². The summed E-state index contributed by atoms with van der Waals surface area (Å²) in [4.78, 5) is 0. The molecule has 3 heteroatoms. The van der Waals surface area contributed by atoms with E-state index in [1.807, 2.05) is 0 Å². The topological polar surface area (TPSA) is 47.3 Å². The summed E-state index contributed by atoms with van der Waals surface area (Å²) in [6, 6.07) is 0.384. The number of ether oxygens (including phenoxy) is 1. The van der Waals surface area contributed by atoms with E-state index in [1.54, 1.807) is 0 Å². The number of nitrogens with two attached hydrogens (primary N) is 1. The molecular weight excluding hydrogens is 188 g/mol. The van der Waals surface area contributed by atoms with E-state index >= 15 is 0 Å². The fourth-order valence-electron chi connectivity index (χ4n) is 3.14. The molecule has 0 bridgehead atoms. The lowest BCUT2D eigenvalue weighted by Gasteiger charge is -2.33. The van der Waals surface area contributed by atoms with E-state index in [4.69, 9.17) is 10.6 Å². The molecule has 0 aromatic rings. The summed E-state index contributed by atoms with van der Waals surface area (Å²) in [6.45, 7) is 2.16. The van der Waals surface area contributed by atoms with Crippen molar-refractivity contribution in [3.8, 4) is 0 Å². The predicted octanol–water partition coefficient (Wildman–Crippen LogP) is 1.97. The molecule has 2 fully saturated rings. The van der Waals surface area contributed by atoms with Crippen molar-refractivity contribution in [1.82, 2.24) is 5.43 Å². The van der Waals surface area contributed by atoms with Crippen LogP contribution in [-0.2, 0) is 4.74 Å². The van der Waals surface area contributed by atoms with Crippen LogP contribution in [0.3, 0.4) is 0 Å². The maximum Gasteiger partial charge on any atom is 0.0748 e. The Kier molecular flexibility index (Phi) is 4.00. The zero-order valence-electron chi connectivity index (χ0n) is 9.74. The summed E-state index contributed by atoms with van der Waals surface area (Å²) in [5.74, 6) is 6.43. The molecule has 3 atom stereocenters. The third-order valence-electron chi connectivity index (χ3n) is 4.02. The molecule has 1 aliphatic heterocycles. The fourth-order valence-corrected chi connectivity index (χ4v) is 3.14. The summed E-state index contributed by atoms with van der Waals surface area (Å²) in [5.41, 5.74) is 3.01. The maximum absolute atomic E-state index is 5.93. The standard InChI is InChI=1S/C12H24N2O/c1-9-7-8-11(15-9)12(14-13)10-5-3-2-4-6-10/h9-12,14H,2-8,13H2,1H3. The Morgan fingerprint density at radius 2 is 1.87 bits per heavy atom. The predicted molar refractivity (Wildman–Crippen MR) is 61.3 cm³/mol. The van der Waals surface area contributed by atoms with E-state index in [2.05, 4.69) is 12.3 Å². The van der Waals surface area contributed by atoms with Gasteiger partial charge in [-0.15, -0.1) is 0 Å². The van der Waals surface area contributed by atoms with E-state index in [0.717, 1.165) is 5.92 Å². The van der Waals surface area contributed by atoms with Crippen LogP contribution >= 0.6 is 0 Å². The van der Waals surface area contributed by atoms with E-state index in [1.165, 1.54) is 44.9 Å². The van der Waals surface area contributed by atoms with Gasteiger partial charge in [0, 0.05) is 0 Å². The molecule has 1 saturated carbocycles. The van der Waals surface area contributed by atoms with E-state index in [-0.39, 0.29) is 0 Å². The Hall–Kier alpha value is -0.120. The van der Waals surface area contributed by atoms with Crippen LogP contribution in [-0.4, -0.2) is 18.2 Å². The van der Waals surface area contributed by atoms with Gasteiger partial charge in [-0.05, 0) is 38.5 Å². The second kappa shape index (κ2) is 5.28. The molecule has 88 valence electrons. The van der Waals surface area contributed by atoms with Crippen LogP contribution in [0.15, 0.2) is 0 Å². The second-order valence-corrected chi connectivity index (χ2v) is 5.15. The molecule has 2 aliphatic rings. The van der Waals surface area contributed by atoms with Gasteiger partial charge in [-0.25, -0.2) is 0 Å². The highest BCUT2D eigenvalue weighted by Gasteiger charge is 2.34. The second-order valence-electron chi connectivity index (χ2n) is 5.15. The SMILES string of the molecule is CC1CCC(C(NN)C2CCCCC2)O1. The van der Waals surface area contributed by atoms with Gasteiger partial charge in [0.1, 0.15) is 0 Å². The minimum atomic E-state index is 0.355. The number of nitrogens with one attached hydrogen (secondary N) is 1. The van der Waals surface area contributed by atoms with Gasteiger partial charge >= 0.3 is 0 Å². The van der Waals surface area contributed by atoms with Crippen LogP contribution in [0.4, 0.5) is 0 Å². The normalized spacial score (nSPS) is 35.6. The highest BCUT2D eigenvalue weighted by Crippen LogP contribution is 2.32. The van der Waals surface area contributed by atoms with Crippen molar-refractivity contribution in [3.63, 3.8) is 0 Å². The molecule has 0 spiro atoms. The Morgan fingerprint density at radius 3 is 2.40 bits per heavy atom. The summed E-state index contributed by atoms with van der Waals surface area (Å²) in [6.07, 6.45) is 9.92. The van der Waals surface area contributed by atoms with Crippen LogP contribution in [0.5, 0.6) is 0 Å². The molecule has 3 N–H and O–H groups in total. The molecule has 0 aromatic heterocycles. The van der Waals surface area contributed by atoms with Gasteiger partial charge in [-0.1, -0.05) is 19.3 Å². The largest absolute Gasteiger partial charge is 0.374 e. The van der Waals surface area contributed by atoms with E-state index < -0.39 is 0 Å². The van der Waals surface area contributed by atoms with Crippen molar-refractivity contribution in [2.45, 2.75) is 70.1 Å². The smallest absolute Gasteiger partial charge is 0.0748 e. The third kappa shape index (κ3) is 2.71. The molecule has 15 heavy (non-hydrogen) atoms. The van der Waals surface area contributed by atoms with Gasteiger partial charge in [0.15, 0.2) is 0 Å². The molecular formula is C12H24N2O. The van der Waals surface area contributed by atoms with Crippen LogP contribution in [0.2, 0.25) is 0 Å². The molecule has 0 amide bonds. The van der Waals surface area contributed by atoms with Crippen molar-refractivity contribution in [1.29, 1.82) is 0 Å². The maximum atomic E-state index is 5.93. The van der Waals surface area contributed by atoms with Crippen molar-refractivity contribution in [3.05, 3.63) is 0 Å². The lowest BCUT2D eigenvalue weighted by atomic mass is 9.81. The zero-order chi connectivity index (χ0) is 10.7. The molecule has 1 saturated heterocycles. The fraction of sp³-hybridized carbons (Fsp3) is 1.00. The Bertz CT molecular complexity index is 187. The monoisotopic (exact) mass is 212 g/mol. The lowest BCUT2D eigenvalue weighted by molar-refractivity contribution is 0.0119. The first-order valence-electron chi connectivity index (χ1n) is 6.43. The van der Waals surface area contributed by atoms with E-state index in [9.17, 15) is 0 Å². The van der Waals surface area contributed by atoms with Gasteiger partial charge in [0.25, 0.3) is 0 Å². The summed E-state index contributed by atoms with van der Waals surface area (Å²) in [5, 5.41) is 0. The van der Waals surface area contributed by atoms with Crippen molar-refractivity contribution in [2.24, 2.45) is 11.8 Å². The first kappa shape index (κ1) is 11.4. The number of rotatable bonds is 3. The highest BCUT2D eigenvalue weighted by atomic mass is 16.5. The first-order chi connectivity index (χ1) is 7.31. The average Bonchev–Trinajstić information content (AvgIpc) is 2.68. The molecule has 3 unspecified atom stereocenters. The summed E-state index contributed by atoms with van der Waals surface area (Å²) in [7, 11) is 0. The first-order valence-corrected chi connectivity index (χ1v) is 6.43. The zero-order valence-corrected chi connectivity index (χ0v) is 9.74. The molecule has 0 aromatic carbocycles. The summed E-state index contributed by atoms with van der Waals surface area (Å²) >= 11 is 0. The number of hydrazine groups is 1. The van der Waals surface area contributed by atoms with E-state index in [0.29, 0.717) is 18.2 Å². The number of hydrogen-bond donors (Lipinski definition) is 2. The van der Waals surface area contributed by atoms with Crippen molar-refractivity contribution >= 4 is 0 Å². The van der Waals surface area contributed by atoms with Crippen LogP contribution in [0, 0.1) is 5.92 Å². The number of hydrogen-bond acceptors (Lipinski definition) is 3. The minimum Gasteiger partial charge on any atom is -0.374 e. The Morgan fingerprint density at radius 1 is 1.13 bits per heavy atom. The van der Waals surface area contributed by atoms with Gasteiger partial charge in [-0.3, -0.25) is 11.3 Å². The quantitative estimate of drug-likeness (QED) is 0.555. The van der Waals surface area contributed by atoms with Gasteiger partial charge < -0.3 is 4.74 Å². The molecule has 1 heterocycles. The van der Waals surface area contributed by atoms with Crippen molar-refractivity contribution in [2.75, 3.05) is 0 Å². The Labute approximate surface area is 92.7 Å². The molecule has 2 rings (SSSR count). The lowest BCUT2D eigenvalue weighted by Crippen LogP contribution is -2.49. The van der Waals surface area contributed by atoms with Crippen LogP contribution in [0.1, 0.15) is 51.9 Å². The van der Waals surface area contributed by atoms with Gasteiger partial charge in [-0.2, -0.15) is 0 Å². The van der Waals surface area contributed by atoms with Crippen LogP contribution < -0.4 is 11.3 Å². The molecule has 3 nitrogen and oxygen atoms in total. The van der Waals surface area contributed by atoms with Crippen molar-refractivity contribution < 1.29 is 4.74 Å². The third-order valence-corrected chi connectivity index (χ3v) is 4.02. The average molecular weight is 212 g/mol. The van der Waals surface area contributed by atoms with Crippen LogP contribution in [0.25, 0.3) is 0 Å². The highest BCUT2D eigenvalue weighted by molar-refractivity contribution is 4.87. The van der Waals surface area contributed by atoms with Gasteiger partial charge in [0.05, 0.1) is 18.2 Å². The molecule has 1 aliphatic carbocycles. The summed E-state index contributed by atoms with van der Waals surface area (Å²) < 4.78 is 5.93. The Balaban J connectivity index is 1.90.